The molecule has 3 heteroatoms. The molecule has 1 aromatic rings. The molecule has 0 radical (unpaired) electrons. The highest BCUT2D eigenvalue weighted by Crippen LogP contribution is 2.36. The molecule has 0 saturated carbocycles. The Labute approximate surface area is 131 Å². The molecule has 112 valence electrons. The van der Waals surface area contributed by atoms with Gasteiger partial charge in [-0.1, -0.05) is 33.6 Å². The predicted octanol–water partition coefficient (Wildman–Crippen LogP) is 5.18. The maximum Gasteiger partial charge on any atom is 0.123 e. The summed E-state index contributed by atoms with van der Waals surface area (Å²) in [5.41, 5.74) is 2.55. The Morgan fingerprint density at radius 2 is 2.25 bits per heavy atom. The summed E-state index contributed by atoms with van der Waals surface area (Å²) in [4.78, 5) is 0.342. The van der Waals surface area contributed by atoms with Gasteiger partial charge in [0.2, 0.25) is 0 Å². The van der Waals surface area contributed by atoms with Crippen LogP contribution in [-0.2, 0) is 4.74 Å². The van der Waals surface area contributed by atoms with Crippen LogP contribution in [-0.4, -0.2) is 19.3 Å². The quantitative estimate of drug-likeness (QED) is 0.664. The second-order valence-corrected chi connectivity index (χ2v) is 6.61. The van der Waals surface area contributed by atoms with E-state index in [4.69, 9.17) is 9.47 Å². The molecule has 0 bridgehead atoms. The van der Waals surface area contributed by atoms with E-state index >= 15 is 0 Å². The standard InChI is InChI=1S/C17H25BrO2/c1-3-19-17-10-7-13(2)12-15(17)16(18)9-8-14-6-4-5-11-20-14/h7,10,12,14,16H,3-6,8-9,11H2,1-2H3. The predicted molar refractivity (Wildman–Crippen MR) is 86.8 cm³/mol. The summed E-state index contributed by atoms with van der Waals surface area (Å²) < 4.78 is 11.6. The van der Waals surface area contributed by atoms with E-state index in [1.165, 1.54) is 30.4 Å². The van der Waals surface area contributed by atoms with E-state index < -0.39 is 0 Å². The lowest BCUT2D eigenvalue weighted by atomic mass is 9.99. The first-order chi connectivity index (χ1) is 9.70. The van der Waals surface area contributed by atoms with E-state index in [2.05, 4.69) is 41.1 Å². The Bertz CT molecular complexity index is 413. The van der Waals surface area contributed by atoms with Crippen molar-refractivity contribution in [3.8, 4) is 5.75 Å². The van der Waals surface area contributed by atoms with E-state index in [-0.39, 0.29) is 0 Å². The van der Waals surface area contributed by atoms with E-state index in [9.17, 15) is 0 Å². The van der Waals surface area contributed by atoms with Crippen molar-refractivity contribution in [1.29, 1.82) is 0 Å². The first-order valence-corrected chi connectivity index (χ1v) is 8.61. The van der Waals surface area contributed by atoms with Gasteiger partial charge in [-0.15, -0.1) is 0 Å². The smallest absolute Gasteiger partial charge is 0.123 e. The molecule has 20 heavy (non-hydrogen) atoms. The van der Waals surface area contributed by atoms with Crippen LogP contribution in [0.15, 0.2) is 18.2 Å². The Kier molecular flexibility index (Phi) is 6.37. The fourth-order valence-corrected chi connectivity index (χ4v) is 3.34. The van der Waals surface area contributed by atoms with Crippen LogP contribution in [0.2, 0.25) is 0 Å². The lowest BCUT2D eigenvalue weighted by Gasteiger charge is -2.24. The molecule has 1 aliphatic heterocycles. The third-order valence-corrected chi connectivity index (χ3v) is 4.77. The van der Waals surface area contributed by atoms with Gasteiger partial charge in [-0.2, -0.15) is 0 Å². The van der Waals surface area contributed by atoms with Crippen LogP contribution in [0.4, 0.5) is 0 Å². The molecular formula is C17H25BrO2. The minimum Gasteiger partial charge on any atom is -0.494 e. The van der Waals surface area contributed by atoms with E-state index in [0.29, 0.717) is 17.5 Å². The zero-order valence-corrected chi connectivity index (χ0v) is 14.1. The first kappa shape index (κ1) is 15.8. The van der Waals surface area contributed by atoms with Gasteiger partial charge in [-0.25, -0.2) is 0 Å². The van der Waals surface area contributed by atoms with E-state index in [1.807, 2.05) is 6.92 Å². The second-order valence-electron chi connectivity index (χ2n) is 5.51. The molecule has 1 aliphatic rings. The van der Waals surface area contributed by atoms with Crippen molar-refractivity contribution in [2.45, 2.75) is 56.9 Å². The van der Waals surface area contributed by atoms with Gasteiger partial charge < -0.3 is 9.47 Å². The first-order valence-electron chi connectivity index (χ1n) is 7.69. The lowest BCUT2D eigenvalue weighted by molar-refractivity contribution is 0.0101. The van der Waals surface area contributed by atoms with E-state index in [1.54, 1.807) is 0 Å². The molecule has 2 atom stereocenters. The highest BCUT2D eigenvalue weighted by molar-refractivity contribution is 9.09. The van der Waals surface area contributed by atoms with Crippen LogP contribution < -0.4 is 4.74 Å². The van der Waals surface area contributed by atoms with Crippen molar-refractivity contribution >= 4 is 15.9 Å². The summed E-state index contributed by atoms with van der Waals surface area (Å²) in [5, 5.41) is 0. The van der Waals surface area contributed by atoms with Crippen LogP contribution in [0, 0.1) is 6.92 Å². The van der Waals surface area contributed by atoms with Crippen LogP contribution in [0.1, 0.15) is 55.0 Å². The van der Waals surface area contributed by atoms with Crippen molar-refractivity contribution in [1.82, 2.24) is 0 Å². The molecule has 1 aromatic carbocycles. The fraction of sp³-hybridized carbons (Fsp3) is 0.647. The van der Waals surface area contributed by atoms with Gasteiger partial charge in [0.25, 0.3) is 0 Å². The Morgan fingerprint density at radius 3 is 2.95 bits per heavy atom. The monoisotopic (exact) mass is 340 g/mol. The van der Waals surface area contributed by atoms with Gasteiger partial charge in [0.1, 0.15) is 5.75 Å². The van der Waals surface area contributed by atoms with Crippen molar-refractivity contribution in [3.63, 3.8) is 0 Å². The van der Waals surface area contributed by atoms with Gasteiger partial charge in [0.15, 0.2) is 0 Å². The van der Waals surface area contributed by atoms with Crippen LogP contribution in [0.3, 0.4) is 0 Å². The van der Waals surface area contributed by atoms with Crippen LogP contribution in [0.5, 0.6) is 5.75 Å². The molecule has 1 heterocycles. The lowest BCUT2D eigenvalue weighted by Crippen LogP contribution is -2.19. The molecule has 1 fully saturated rings. The van der Waals surface area contributed by atoms with Gasteiger partial charge in [-0.3, -0.25) is 0 Å². The summed E-state index contributed by atoms with van der Waals surface area (Å²) in [6, 6.07) is 6.42. The van der Waals surface area contributed by atoms with Gasteiger partial charge >= 0.3 is 0 Å². The SMILES string of the molecule is CCOc1ccc(C)cc1C(Br)CCC1CCCCO1. The zero-order valence-electron chi connectivity index (χ0n) is 12.5. The second kappa shape index (κ2) is 8.04. The molecule has 0 aliphatic carbocycles. The largest absolute Gasteiger partial charge is 0.494 e. The van der Waals surface area contributed by atoms with Crippen LogP contribution >= 0.6 is 15.9 Å². The fourth-order valence-electron chi connectivity index (χ4n) is 2.72. The molecule has 2 nitrogen and oxygen atoms in total. The molecule has 0 spiro atoms. The Hall–Kier alpha value is -0.540. The molecule has 2 rings (SSSR count). The van der Waals surface area contributed by atoms with Crippen molar-refractivity contribution in [2.75, 3.05) is 13.2 Å². The average Bonchev–Trinajstić information content (AvgIpc) is 2.48. The number of hydrogen-bond donors (Lipinski definition) is 0. The highest BCUT2D eigenvalue weighted by Gasteiger charge is 2.18. The summed E-state index contributed by atoms with van der Waals surface area (Å²) in [7, 11) is 0. The summed E-state index contributed by atoms with van der Waals surface area (Å²) in [6.45, 7) is 5.81. The zero-order chi connectivity index (χ0) is 14.4. The number of hydrogen-bond acceptors (Lipinski definition) is 2. The number of rotatable bonds is 6. The molecule has 2 unspecified atom stereocenters. The van der Waals surface area contributed by atoms with Crippen molar-refractivity contribution in [3.05, 3.63) is 29.3 Å². The Morgan fingerprint density at radius 1 is 1.40 bits per heavy atom. The topological polar surface area (TPSA) is 18.5 Å². The van der Waals surface area contributed by atoms with Crippen molar-refractivity contribution < 1.29 is 9.47 Å². The molecule has 0 amide bonds. The third-order valence-electron chi connectivity index (χ3n) is 3.82. The number of ether oxygens (including phenoxy) is 2. The number of halogens is 1. The molecular weight excluding hydrogens is 316 g/mol. The number of benzene rings is 1. The molecule has 0 aromatic heterocycles. The maximum absolute atomic E-state index is 5.81. The van der Waals surface area contributed by atoms with Crippen LogP contribution in [0.25, 0.3) is 0 Å². The van der Waals surface area contributed by atoms with Gasteiger partial charge in [0, 0.05) is 17.0 Å². The summed E-state index contributed by atoms with van der Waals surface area (Å²) >= 11 is 3.83. The number of alkyl halides is 1. The van der Waals surface area contributed by atoms with Gasteiger partial charge in [0.05, 0.1) is 12.7 Å². The Balaban J connectivity index is 1.96. The average molecular weight is 341 g/mol. The number of aryl methyl sites for hydroxylation is 1. The highest BCUT2D eigenvalue weighted by atomic mass is 79.9. The van der Waals surface area contributed by atoms with Crippen molar-refractivity contribution in [2.24, 2.45) is 0 Å². The van der Waals surface area contributed by atoms with Gasteiger partial charge in [-0.05, 0) is 52.0 Å². The third kappa shape index (κ3) is 4.49. The summed E-state index contributed by atoms with van der Waals surface area (Å²) in [6.07, 6.45) is 6.41. The minimum atomic E-state index is 0.342. The normalized spacial score (nSPS) is 20.6. The van der Waals surface area contributed by atoms with E-state index in [0.717, 1.165) is 25.2 Å². The summed E-state index contributed by atoms with van der Waals surface area (Å²) in [5.74, 6) is 1.00. The minimum absolute atomic E-state index is 0.342. The molecule has 0 N–H and O–H groups in total. The molecule has 1 saturated heterocycles. The maximum atomic E-state index is 5.81.